The molecular weight excluding hydrogens is 260 g/mol. The second kappa shape index (κ2) is 6.56. The van der Waals surface area contributed by atoms with Gasteiger partial charge in [-0.3, -0.25) is 0 Å². The standard InChI is InChI=1S/C17H26N4/c1-3-4-5-16-20-15-10-13(2)11-19-17(15)21(16)12-14-6-8-18-9-7-14/h10-11,14,18H,3-9,12H2,1-2H3. The number of pyridine rings is 1. The van der Waals surface area contributed by atoms with Crippen LogP contribution in [0.25, 0.3) is 11.2 Å². The first-order valence-corrected chi connectivity index (χ1v) is 8.30. The number of nitrogens with zero attached hydrogens (tertiary/aromatic N) is 3. The molecule has 0 aromatic carbocycles. The summed E-state index contributed by atoms with van der Waals surface area (Å²) in [4.78, 5) is 9.52. The number of fused-ring (bicyclic) bond motifs is 1. The lowest BCUT2D eigenvalue weighted by molar-refractivity contribution is 0.332. The number of aromatic nitrogens is 3. The van der Waals surface area contributed by atoms with Gasteiger partial charge in [-0.2, -0.15) is 0 Å². The monoisotopic (exact) mass is 286 g/mol. The molecule has 4 nitrogen and oxygen atoms in total. The van der Waals surface area contributed by atoms with E-state index in [0.717, 1.165) is 43.1 Å². The molecular formula is C17H26N4. The Kier molecular flexibility index (Phi) is 4.54. The van der Waals surface area contributed by atoms with Crippen molar-refractivity contribution in [2.45, 2.75) is 52.5 Å². The Hall–Kier alpha value is -1.42. The van der Waals surface area contributed by atoms with Gasteiger partial charge in [-0.25, -0.2) is 9.97 Å². The number of imidazole rings is 1. The van der Waals surface area contributed by atoms with Crippen LogP contribution in [0.15, 0.2) is 12.3 Å². The maximum absolute atomic E-state index is 4.86. The molecule has 3 heterocycles. The quantitative estimate of drug-likeness (QED) is 0.918. The van der Waals surface area contributed by atoms with E-state index in [1.54, 1.807) is 0 Å². The van der Waals surface area contributed by atoms with Gasteiger partial charge in [0.15, 0.2) is 5.65 Å². The second-order valence-electron chi connectivity index (χ2n) is 6.29. The molecule has 0 atom stereocenters. The molecule has 1 aliphatic rings. The summed E-state index contributed by atoms with van der Waals surface area (Å²) in [6, 6.07) is 2.16. The van der Waals surface area contributed by atoms with E-state index in [1.165, 1.54) is 37.1 Å². The van der Waals surface area contributed by atoms with Gasteiger partial charge in [0, 0.05) is 19.2 Å². The third-order valence-electron chi connectivity index (χ3n) is 4.45. The molecule has 2 aromatic heterocycles. The maximum atomic E-state index is 4.86. The summed E-state index contributed by atoms with van der Waals surface area (Å²) in [5.74, 6) is 1.98. The Labute approximate surface area is 127 Å². The summed E-state index contributed by atoms with van der Waals surface area (Å²) in [7, 11) is 0. The molecule has 114 valence electrons. The van der Waals surface area contributed by atoms with E-state index < -0.39 is 0 Å². The SMILES string of the molecule is CCCCc1nc2cc(C)cnc2n1CC1CCNCC1. The van der Waals surface area contributed by atoms with E-state index >= 15 is 0 Å². The predicted molar refractivity (Wildman–Crippen MR) is 86.5 cm³/mol. The van der Waals surface area contributed by atoms with Gasteiger partial charge in [-0.1, -0.05) is 13.3 Å². The fourth-order valence-corrected chi connectivity index (χ4v) is 3.20. The van der Waals surface area contributed by atoms with Crippen molar-refractivity contribution < 1.29 is 0 Å². The summed E-state index contributed by atoms with van der Waals surface area (Å²) < 4.78 is 2.39. The minimum atomic E-state index is 0.757. The molecule has 0 spiro atoms. The molecule has 0 bridgehead atoms. The van der Waals surface area contributed by atoms with Crippen LogP contribution < -0.4 is 5.32 Å². The highest BCUT2D eigenvalue weighted by Gasteiger charge is 2.18. The van der Waals surface area contributed by atoms with E-state index in [-0.39, 0.29) is 0 Å². The summed E-state index contributed by atoms with van der Waals surface area (Å²) in [5.41, 5.74) is 3.33. The first-order chi connectivity index (χ1) is 10.3. The van der Waals surface area contributed by atoms with Crippen LogP contribution in [0.5, 0.6) is 0 Å². The highest BCUT2D eigenvalue weighted by molar-refractivity contribution is 5.72. The van der Waals surface area contributed by atoms with Gasteiger partial charge in [-0.15, -0.1) is 0 Å². The van der Waals surface area contributed by atoms with E-state index in [9.17, 15) is 0 Å². The number of unbranched alkanes of at least 4 members (excludes halogenated alkanes) is 1. The smallest absolute Gasteiger partial charge is 0.160 e. The zero-order valence-electron chi connectivity index (χ0n) is 13.2. The van der Waals surface area contributed by atoms with Crippen molar-refractivity contribution in [1.29, 1.82) is 0 Å². The molecule has 1 N–H and O–H groups in total. The van der Waals surface area contributed by atoms with Crippen molar-refractivity contribution in [3.05, 3.63) is 23.7 Å². The third kappa shape index (κ3) is 3.26. The fourth-order valence-electron chi connectivity index (χ4n) is 3.20. The average molecular weight is 286 g/mol. The van der Waals surface area contributed by atoms with Crippen LogP contribution in [0.1, 0.15) is 44.0 Å². The highest BCUT2D eigenvalue weighted by atomic mass is 15.1. The Bertz CT molecular complexity index is 596. The Morgan fingerprint density at radius 2 is 2.14 bits per heavy atom. The van der Waals surface area contributed by atoms with Crippen LogP contribution in [0.3, 0.4) is 0 Å². The Morgan fingerprint density at radius 3 is 2.90 bits per heavy atom. The molecule has 0 amide bonds. The number of aryl methyl sites for hydroxylation is 2. The fraction of sp³-hybridized carbons (Fsp3) is 0.647. The molecule has 2 aromatic rings. The molecule has 21 heavy (non-hydrogen) atoms. The van der Waals surface area contributed by atoms with E-state index in [2.05, 4.69) is 34.8 Å². The topological polar surface area (TPSA) is 42.7 Å². The molecule has 1 aliphatic heterocycles. The van der Waals surface area contributed by atoms with Crippen molar-refractivity contribution in [3.8, 4) is 0 Å². The van der Waals surface area contributed by atoms with E-state index in [4.69, 9.17) is 4.98 Å². The zero-order chi connectivity index (χ0) is 14.7. The highest BCUT2D eigenvalue weighted by Crippen LogP contribution is 2.22. The van der Waals surface area contributed by atoms with Crippen molar-refractivity contribution in [2.24, 2.45) is 5.92 Å². The molecule has 0 aliphatic carbocycles. The van der Waals surface area contributed by atoms with Gasteiger partial charge >= 0.3 is 0 Å². The molecule has 0 unspecified atom stereocenters. The minimum absolute atomic E-state index is 0.757. The largest absolute Gasteiger partial charge is 0.317 e. The van der Waals surface area contributed by atoms with Crippen LogP contribution >= 0.6 is 0 Å². The summed E-state index contributed by atoms with van der Waals surface area (Å²) in [6.45, 7) is 7.70. The van der Waals surface area contributed by atoms with Crippen LogP contribution in [-0.2, 0) is 13.0 Å². The lowest BCUT2D eigenvalue weighted by Gasteiger charge is -2.23. The first kappa shape index (κ1) is 14.5. The molecule has 4 heteroatoms. The normalized spacial score (nSPS) is 16.7. The van der Waals surface area contributed by atoms with Crippen molar-refractivity contribution in [3.63, 3.8) is 0 Å². The predicted octanol–water partition coefficient (Wildman–Crippen LogP) is 3.08. The molecule has 1 fully saturated rings. The lowest BCUT2D eigenvalue weighted by atomic mass is 9.98. The average Bonchev–Trinajstić information content (AvgIpc) is 2.83. The van der Waals surface area contributed by atoms with Crippen LogP contribution in [0.4, 0.5) is 0 Å². The van der Waals surface area contributed by atoms with Gasteiger partial charge in [-0.05, 0) is 56.8 Å². The van der Waals surface area contributed by atoms with Gasteiger partial charge in [0.1, 0.15) is 11.3 Å². The van der Waals surface area contributed by atoms with E-state index in [1.807, 2.05) is 6.20 Å². The van der Waals surface area contributed by atoms with Crippen LogP contribution in [0.2, 0.25) is 0 Å². The second-order valence-corrected chi connectivity index (χ2v) is 6.29. The third-order valence-corrected chi connectivity index (χ3v) is 4.45. The lowest BCUT2D eigenvalue weighted by Crippen LogP contribution is -2.30. The number of hydrogen-bond acceptors (Lipinski definition) is 3. The number of piperidine rings is 1. The zero-order valence-corrected chi connectivity index (χ0v) is 13.2. The van der Waals surface area contributed by atoms with Gasteiger partial charge in [0.2, 0.25) is 0 Å². The first-order valence-electron chi connectivity index (χ1n) is 8.30. The maximum Gasteiger partial charge on any atom is 0.160 e. The Morgan fingerprint density at radius 1 is 1.33 bits per heavy atom. The van der Waals surface area contributed by atoms with Crippen molar-refractivity contribution in [1.82, 2.24) is 19.9 Å². The summed E-state index contributed by atoms with van der Waals surface area (Å²) in [5, 5.41) is 3.45. The molecule has 0 saturated carbocycles. The molecule has 1 saturated heterocycles. The minimum Gasteiger partial charge on any atom is -0.317 e. The summed E-state index contributed by atoms with van der Waals surface area (Å²) >= 11 is 0. The molecule has 3 rings (SSSR count). The van der Waals surface area contributed by atoms with Crippen molar-refractivity contribution in [2.75, 3.05) is 13.1 Å². The Balaban J connectivity index is 1.91. The van der Waals surface area contributed by atoms with Gasteiger partial charge in [0.05, 0.1) is 0 Å². The summed E-state index contributed by atoms with van der Waals surface area (Å²) in [6.07, 6.45) is 7.97. The van der Waals surface area contributed by atoms with Gasteiger partial charge < -0.3 is 9.88 Å². The number of nitrogens with one attached hydrogen (secondary N) is 1. The van der Waals surface area contributed by atoms with Crippen molar-refractivity contribution >= 4 is 11.2 Å². The van der Waals surface area contributed by atoms with Crippen LogP contribution in [0, 0.1) is 12.8 Å². The van der Waals surface area contributed by atoms with Crippen LogP contribution in [-0.4, -0.2) is 27.6 Å². The van der Waals surface area contributed by atoms with Gasteiger partial charge in [0.25, 0.3) is 0 Å². The number of hydrogen-bond donors (Lipinski definition) is 1. The number of rotatable bonds is 5. The molecule has 0 radical (unpaired) electrons. The van der Waals surface area contributed by atoms with E-state index in [0.29, 0.717) is 0 Å².